The third-order valence-corrected chi connectivity index (χ3v) is 17.6. The topological polar surface area (TPSA) is 237 Å². The summed E-state index contributed by atoms with van der Waals surface area (Å²) in [5, 5.41) is 10.6. The Morgan fingerprint density at radius 1 is 0.290 bits per heavy atom. The number of ether oxygens (including phenoxy) is 4. The smallest absolute Gasteiger partial charge is 0.462 e. The van der Waals surface area contributed by atoms with Gasteiger partial charge in [-0.15, -0.1) is 0 Å². The molecule has 0 aliphatic heterocycles. The van der Waals surface area contributed by atoms with Crippen molar-refractivity contribution in [2.75, 3.05) is 39.6 Å². The van der Waals surface area contributed by atoms with Crippen molar-refractivity contribution in [2.45, 2.75) is 316 Å². The molecule has 100 heavy (non-hydrogen) atoms. The van der Waals surface area contributed by atoms with Crippen LogP contribution in [0, 0.1) is 0 Å². The minimum absolute atomic E-state index is 0.0253. The Kier molecular flexibility index (Phi) is 69.1. The van der Waals surface area contributed by atoms with Gasteiger partial charge in [0.1, 0.15) is 19.3 Å². The van der Waals surface area contributed by atoms with Crippen LogP contribution in [0.1, 0.15) is 297 Å². The zero-order valence-electron chi connectivity index (χ0n) is 62.3. The van der Waals surface area contributed by atoms with E-state index in [0.29, 0.717) is 32.1 Å². The maximum absolute atomic E-state index is 13.1. The molecule has 0 spiro atoms. The fourth-order valence-corrected chi connectivity index (χ4v) is 11.4. The van der Waals surface area contributed by atoms with Crippen molar-refractivity contribution < 1.29 is 80.2 Å². The van der Waals surface area contributed by atoms with Crippen molar-refractivity contribution >= 4 is 39.5 Å². The highest BCUT2D eigenvalue weighted by Crippen LogP contribution is 2.45. The van der Waals surface area contributed by atoms with E-state index in [0.717, 1.165) is 128 Å². The molecule has 0 saturated carbocycles. The minimum atomic E-state index is -5.00. The van der Waals surface area contributed by atoms with Gasteiger partial charge >= 0.3 is 39.5 Å². The molecule has 0 amide bonds. The molecule has 0 aromatic carbocycles. The average Bonchev–Trinajstić information content (AvgIpc) is 1.06. The van der Waals surface area contributed by atoms with Crippen molar-refractivity contribution in [1.82, 2.24) is 0 Å². The number of aliphatic hydroxyl groups excluding tert-OH is 1. The fourth-order valence-electron chi connectivity index (χ4n) is 9.86. The molecule has 3 N–H and O–H groups in total. The van der Waals surface area contributed by atoms with Gasteiger partial charge in [-0.25, -0.2) is 9.13 Å². The SMILES string of the molecule is CC/C=C\C/C=C\C/C=C\C/C=C\C/C=C\C/C=C\CCC(=O)OCC(COP(=O)(O)OCC(O)COP(=O)(O)OCC(COC(=O)CCCCCCCCCCCCC)OC(=O)CCCCCCCCCCCCC)OC(=O)CCCCC/C=C\C/C=C\C/C=C\C/C=C\C/C=C\CC. The molecule has 0 saturated heterocycles. The summed E-state index contributed by atoms with van der Waals surface area (Å²) < 4.78 is 68.3. The summed E-state index contributed by atoms with van der Waals surface area (Å²) >= 11 is 0. The van der Waals surface area contributed by atoms with Crippen molar-refractivity contribution in [3.8, 4) is 0 Å². The van der Waals surface area contributed by atoms with Crippen LogP contribution in [0.15, 0.2) is 134 Å². The summed E-state index contributed by atoms with van der Waals surface area (Å²) in [5.41, 5.74) is 0. The van der Waals surface area contributed by atoms with Gasteiger partial charge in [0.2, 0.25) is 0 Å². The van der Waals surface area contributed by atoms with Gasteiger partial charge < -0.3 is 33.8 Å². The monoisotopic (exact) mass is 1440 g/mol. The standard InChI is InChI=1S/C81H136O17P2/c1-5-9-13-17-21-25-29-31-33-35-37-39-41-43-47-50-54-58-62-66-79(84)92-72-77(98-81(86)68-64-60-56-52-48-44-42-40-38-36-34-32-30-26-22-18-14-10-6-2)74-96-100(89,90)94-70-75(82)69-93-99(87,88)95-73-76(97-80(85)67-63-59-55-51-46-28-24-20-16-12-8-4)71-91-78(83)65-61-57-53-49-45-27-23-19-15-11-7-3/h9-10,13-14,21-22,25-26,31-34,37-40,43-44,47-48,54,58,75-77,82H,5-8,11-12,15-20,23-24,27-30,35-36,41-42,45-46,49-53,55-57,59-74H2,1-4H3,(H,87,88)(H,89,90)/b13-9-,14-10-,25-21-,26-22-,33-31-,34-32-,39-37-,40-38-,47-43-,48-44-,58-54-. The molecule has 0 radical (unpaired) electrons. The van der Waals surface area contributed by atoms with Crippen LogP contribution in [0.25, 0.3) is 0 Å². The molecule has 0 aromatic rings. The quantitative estimate of drug-likeness (QED) is 0.0169. The molecule has 5 atom stereocenters. The lowest BCUT2D eigenvalue weighted by molar-refractivity contribution is -0.161. The van der Waals surface area contributed by atoms with Crippen LogP contribution in [-0.2, 0) is 65.4 Å². The number of phosphoric ester groups is 2. The second kappa shape index (κ2) is 72.5. The van der Waals surface area contributed by atoms with E-state index in [9.17, 15) is 43.2 Å². The predicted octanol–water partition coefficient (Wildman–Crippen LogP) is 22.1. The molecule has 5 unspecified atom stereocenters. The van der Waals surface area contributed by atoms with Gasteiger partial charge in [0, 0.05) is 25.7 Å². The normalized spacial score (nSPS) is 14.7. The Balaban J connectivity index is 5.44. The van der Waals surface area contributed by atoms with Gasteiger partial charge in [-0.05, 0) is 109 Å². The lowest BCUT2D eigenvalue weighted by Crippen LogP contribution is -2.30. The largest absolute Gasteiger partial charge is 0.472 e. The van der Waals surface area contributed by atoms with Crippen LogP contribution in [-0.4, -0.2) is 96.7 Å². The Morgan fingerprint density at radius 3 is 0.860 bits per heavy atom. The number of unbranched alkanes of at least 4 members (excludes halogenated alkanes) is 23. The number of esters is 4. The van der Waals surface area contributed by atoms with Crippen LogP contribution in [0.4, 0.5) is 0 Å². The second-order valence-corrected chi connectivity index (χ2v) is 28.1. The highest BCUT2D eigenvalue weighted by molar-refractivity contribution is 7.47. The first kappa shape index (κ1) is 95.2. The summed E-state index contributed by atoms with van der Waals surface area (Å²) in [5.74, 6) is -2.31. The molecule has 0 aromatic heterocycles. The molecule has 17 nitrogen and oxygen atoms in total. The first-order chi connectivity index (χ1) is 48.7. The molecule has 0 fully saturated rings. The fraction of sp³-hybridized carbons (Fsp3) is 0.679. The van der Waals surface area contributed by atoms with E-state index < -0.39 is 97.5 Å². The third-order valence-electron chi connectivity index (χ3n) is 15.7. The van der Waals surface area contributed by atoms with E-state index >= 15 is 0 Å². The number of carbonyl (C=O) groups is 4. The molecular formula is C81H136O17P2. The molecule has 572 valence electrons. The lowest BCUT2D eigenvalue weighted by atomic mass is 10.1. The number of rotatable bonds is 71. The summed E-state index contributed by atoms with van der Waals surface area (Å²) in [6, 6.07) is 0. The molecule has 19 heteroatoms. The zero-order valence-corrected chi connectivity index (χ0v) is 64.1. The highest BCUT2D eigenvalue weighted by atomic mass is 31.2. The van der Waals surface area contributed by atoms with Gasteiger partial charge in [0.15, 0.2) is 12.2 Å². The summed E-state index contributed by atoms with van der Waals surface area (Å²) in [4.78, 5) is 72.8. The maximum Gasteiger partial charge on any atom is 0.472 e. The number of carbonyl (C=O) groups excluding carboxylic acids is 4. The van der Waals surface area contributed by atoms with Crippen molar-refractivity contribution in [3.63, 3.8) is 0 Å². The van der Waals surface area contributed by atoms with Gasteiger partial charge in [-0.1, -0.05) is 296 Å². The summed E-state index contributed by atoms with van der Waals surface area (Å²) in [6.07, 6.45) is 80.4. The molecule has 0 bridgehead atoms. The van der Waals surface area contributed by atoms with Crippen LogP contribution in [0.2, 0.25) is 0 Å². The number of aliphatic hydroxyl groups is 1. The Labute approximate surface area is 605 Å². The van der Waals surface area contributed by atoms with Crippen LogP contribution in [0.3, 0.4) is 0 Å². The first-order valence-corrected chi connectivity index (χ1v) is 41.4. The van der Waals surface area contributed by atoms with Crippen molar-refractivity contribution in [1.29, 1.82) is 0 Å². The molecule has 0 heterocycles. The van der Waals surface area contributed by atoms with E-state index in [1.165, 1.54) is 83.5 Å². The first-order valence-electron chi connectivity index (χ1n) is 38.4. The van der Waals surface area contributed by atoms with E-state index in [1.807, 2.05) is 18.2 Å². The van der Waals surface area contributed by atoms with Crippen LogP contribution >= 0.6 is 15.6 Å². The molecule has 0 aliphatic carbocycles. The number of phosphoric acid groups is 2. The van der Waals surface area contributed by atoms with Gasteiger partial charge in [0.25, 0.3) is 0 Å². The number of hydrogen-bond acceptors (Lipinski definition) is 15. The van der Waals surface area contributed by atoms with Crippen LogP contribution < -0.4 is 0 Å². The van der Waals surface area contributed by atoms with E-state index in [2.05, 4.69) is 143 Å². The van der Waals surface area contributed by atoms with E-state index in [1.54, 1.807) is 0 Å². The molecule has 0 aliphatic rings. The number of hydrogen-bond donors (Lipinski definition) is 3. The van der Waals surface area contributed by atoms with E-state index in [4.69, 9.17) is 37.0 Å². The Hall–Kier alpha value is -4.80. The lowest BCUT2D eigenvalue weighted by Gasteiger charge is -2.21. The maximum atomic E-state index is 13.1. The zero-order chi connectivity index (χ0) is 73.2. The van der Waals surface area contributed by atoms with Gasteiger partial charge in [0.05, 0.1) is 26.4 Å². The third kappa shape index (κ3) is 71.6. The average molecular weight is 1440 g/mol. The highest BCUT2D eigenvalue weighted by Gasteiger charge is 2.30. The predicted molar refractivity (Wildman–Crippen MR) is 408 cm³/mol. The molecule has 0 rings (SSSR count). The van der Waals surface area contributed by atoms with Crippen molar-refractivity contribution in [3.05, 3.63) is 134 Å². The molecular weight excluding hydrogens is 1310 g/mol. The Morgan fingerprint density at radius 2 is 0.540 bits per heavy atom. The second-order valence-electron chi connectivity index (χ2n) is 25.2. The van der Waals surface area contributed by atoms with E-state index in [-0.39, 0.29) is 25.7 Å². The van der Waals surface area contributed by atoms with Gasteiger partial charge in [-0.2, -0.15) is 0 Å². The van der Waals surface area contributed by atoms with Gasteiger partial charge in [-0.3, -0.25) is 37.3 Å². The summed E-state index contributed by atoms with van der Waals surface area (Å²) in [7, 11) is -9.98. The Bertz CT molecular complexity index is 2420. The summed E-state index contributed by atoms with van der Waals surface area (Å²) in [6.45, 7) is 4.51. The number of allylic oxidation sites excluding steroid dienone is 22. The van der Waals surface area contributed by atoms with Crippen molar-refractivity contribution in [2.24, 2.45) is 0 Å². The minimum Gasteiger partial charge on any atom is -0.462 e. The van der Waals surface area contributed by atoms with Crippen LogP contribution in [0.5, 0.6) is 0 Å².